The molecule has 160 valence electrons. The number of methoxy groups -OCH3 is 2. The molecule has 2 aromatic carbocycles. The van der Waals surface area contributed by atoms with Gasteiger partial charge in [-0.15, -0.1) is 6.58 Å². The summed E-state index contributed by atoms with van der Waals surface area (Å²) < 4.78 is 15.9. The average molecular weight is 411 g/mol. The van der Waals surface area contributed by atoms with Gasteiger partial charge in [-0.25, -0.2) is 4.79 Å². The lowest BCUT2D eigenvalue weighted by molar-refractivity contribution is -0.124. The molecule has 2 aromatic rings. The number of aryl methyl sites for hydroxylation is 2. The van der Waals surface area contributed by atoms with Gasteiger partial charge in [0.1, 0.15) is 0 Å². The highest BCUT2D eigenvalue weighted by molar-refractivity contribution is 5.92. The van der Waals surface area contributed by atoms with Crippen molar-refractivity contribution in [3.63, 3.8) is 0 Å². The third kappa shape index (κ3) is 5.63. The van der Waals surface area contributed by atoms with E-state index >= 15 is 0 Å². The normalized spacial score (nSPS) is 11.4. The van der Waals surface area contributed by atoms with Gasteiger partial charge >= 0.3 is 5.97 Å². The van der Waals surface area contributed by atoms with Crippen LogP contribution in [0.4, 0.5) is 0 Å². The lowest BCUT2D eigenvalue weighted by Gasteiger charge is -2.16. The summed E-state index contributed by atoms with van der Waals surface area (Å²) in [6.45, 7) is 9.30. The van der Waals surface area contributed by atoms with Gasteiger partial charge in [-0.2, -0.15) is 0 Å². The van der Waals surface area contributed by atoms with Crippen LogP contribution in [0.2, 0.25) is 0 Å². The first-order chi connectivity index (χ1) is 14.3. The Balaban J connectivity index is 2.03. The van der Waals surface area contributed by atoms with E-state index in [-0.39, 0.29) is 24.1 Å². The predicted molar refractivity (Wildman–Crippen MR) is 116 cm³/mol. The second kappa shape index (κ2) is 10.5. The molecule has 0 fully saturated rings. The molecule has 0 radical (unpaired) electrons. The fourth-order valence-corrected chi connectivity index (χ4v) is 3.08. The number of amides is 1. The molecule has 1 atom stereocenters. The first kappa shape index (κ1) is 23.0. The van der Waals surface area contributed by atoms with Crippen molar-refractivity contribution < 1.29 is 23.8 Å². The summed E-state index contributed by atoms with van der Waals surface area (Å²) in [5, 5.41) is 2.85. The van der Waals surface area contributed by atoms with Crippen LogP contribution in [0, 0.1) is 13.8 Å². The lowest BCUT2D eigenvalue weighted by atomic mass is 10.0. The van der Waals surface area contributed by atoms with Gasteiger partial charge in [0, 0.05) is 5.56 Å². The van der Waals surface area contributed by atoms with Gasteiger partial charge < -0.3 is 19.5 Å². The number of carbonyl (C=O) groups is 2. The number of nitrogens with one attached hydrogen (secondary N) is 1. The Morgan fingerprint density at radius 2 is 1.83 bits per heavy atom. The predicted octanol–water partition coefficient (Wildman–Crippen LogP) is 4.08. The average Bonchev–Trinajstić information content (AvgIpc) is 2.73. The fourth-order valence-electron chi connectivity index (χ4n) is 3.08. The summed E-state index contributed by atoms with van der Waals surface area (Å²) in [5.74, 6) is -0.0401. The Morgan fingerprint density at radius 3 is 2.43 bits per heavy atom. The zero-order valence-corrected chi connectivity index (χ0v) is 18.2. The van der Waals surface area contributed by atoms with E-state index in [1.165, 1.54) is 25.8 Å². The monoisotopic (exact) mass is 411 g/mol. The van der Waals surface area contributed by atoms with Gasteiger partial charge in [-0.1, -0.05) is 24.3 Å². The topological polar surface area (TPSA) is 73.9 Å². The van der Waals surface area contributed by atoms with E-state index in [0.29, 0.717) is 17.9 Å². The summed E-state index contributed by atoms with van der Waals surface area (Å²) in [6.07, 6.45) is 2.20. The van der Waals surface area contributed by atoms with Crippen LogP contribution in [0.15, 0.2) is 43.0 Å². The molecule has 0 aromatic heterocycles. The van der Waals surface area contributed by atoms with Crippen molar-refractivity contribution in [2.75, 3.05) is 20.8 Å². The number of hydrogen-bond acceptors (Lipinski definition) is 5. The quantitative estimate of drug-likeness (QED) is 0.497. The SMILES string of the molecule is C=CCc1cc(C(=O)OCC(=O)NC(C)c2ccc(C)c(C)c2)cc(OC)c1OC. The largest absolute Gasteiger partial charge is 0.493 e. The highest BCUT2D eigenvalue weighted by atomic mass is 16.5. The smallest absolute Gasteiger partial charge is 0.338 e. The first-order valence-corrected chi connectivity index (χ1v) is 9.70. The van der Waals surface area contributed by atoms with E-state index in [4.69, 9.17) is 14.2 Å². The molecule has 6 nitrogen and oxygen atoms in total. The first-order valence-electron chi connectivity index (χ1n) is 9.70. The standard InChI is InChI=1S/C24H29NO5/c1-7-8-19-12-20(13-21(28-5)23(19)29-6)24(27)30-14-22(26)25-17(4)18-10-9-15(2)16(3)11-18/h7,9-13,17H,1,8,14H2,2-6H3,(H,25,26). The Labute approximate surface area is 177 Å². The Hall–Kier alpha value is -3.28. The molecule has 6 heteroatoms. The zero-order valence-electron chi connectivity index (χ0n) is 18.2. The molecule has 0 saturated heterocycles. The molecular formula is C24H29NO5. The zero-order chi connectivity index (χ0) is 22.3. The molecule has 0 aliphatic heterocycles. The van der Waals surface area contributed by atoms with E-state index in [2.05, 4.69) is 11.9 Å². The summed E-state index contributed by atoms with van der Waals surface area (Å²) in [6, 6.07) is 9.02. The maximum absolute atomic E-state index is 12.5. The molecule has 0 spiro atoms. The number of benzene rings is 2. The number of allylic oxidation sites excluding steroid dienone is 1. The molecule has 2 rings (SSSR count). The molecular weight excluding hydrogens is 382 g/mol. The van der Waals surface area contributed by atoms with Crippen molar-refractivity contribution in [2.24, 2.45) is 0 Å². The molecule has 1 unspecified atom stereocenters. The van der Waals surface area contributed by atoms with Gasteiger partial charge in [0.2, 0.25) is 0 Å². The number of esters is 1. The number of ether oxygens (including phenoxy) is 3. The Morgan fingerprint density at radius 1 is 1.10 bits per heavy atom. The Bertz CT molecular complexity index is 935. The molecule has 0 saturated carbocycles. The van der Waals surface area contributed by atoms with Crippen molar-refractivity contribution in [1.29, 1.82) is 0 Å². The van der Waals surface area contributed by atoms with E-state index in [9.17, 15) is 9.59 Å². The third-order valence-electron chi connectivity index (χ3n) is 4.90. The van der Waals surface area contributed by atoms with Crippen molar-refractivity contribution in [1.82, 2.24) is 5.32 Å². The molecule has 0 heterocycles. The van der Waals surface area contributed by atoms with Gasteiger partial charge in [-0.05, 0) is 56.0 Å². The maximum atomic E-state index is 12.5. The molecule has 0 aliphatic carbocycles. The van der Waals surface area contributed by atoms with E-state index in [1.54, 1.807) is 12.1 Å². The summed E-state index contributed by atoms with van der Waals surface area (Å²) >= 11 is 0. The maximum Gasteiger partial charge on any atom is 0.338 e. The molecule has 30 heavy (non-hydrogen) atoms. The minimum absolute atomic E-state index is 0.198. The minimum Gasteiger partial charge on any atom is -0.493 e. The van der Waals surface area contributed by atoms with Gasteiger partial charge in [0.25, 0.3) is 5.91 Å². The van der Waals surface area contributed by atoms with Crippen LogP contribution in [0.1, 0.15) is 45.6 Å². The molecule has 1 N–H and O–H groups in total. The Kier molecular flexibility index (Phi) is 8.04. The van der Waals surface area contributed by atoms with E-state index < -0.39 is 5.97 Å². The summed E-state index contributed by atoms with van der Waals surface area (Å²) in [5.41, 5.74) is 4.36. The van der Waals surface area contributed by atoms with E-state index in [0.717, 1.165) is 16.7 Å². The number of rotatable bonds is 9. The molecule has 1 amide bonds. The van der Waals surface area contributed by atoms with Gasteiger partial charge in [0.15, 0.2) is 18.1 Å². The van der Waals surface area contributed by atoms with Crippen molar-refractivity contribution in [3.05, 3.63) is 70.8 Å². The van der Waals surface area contributed by atoms with Crippen LogP contribution in [0.25, 0.3) is 0 Å². The van der Waals surface area contributed by atoms with Crippen LogP contribution < -0.4 is 14.8 Å². The number of carbonyl (C=O) groups excluding carboxylic acids is 2. The lowest BCUT2D eigenvalue weighted by Crippen LogP contribution is -2.31. The fraction of sp³-hybridized carbons (Fsp3) is 0.333. The third-order valence-corrected chi connectivity index (χ3v) is 4.90. The molecule has 0 bridgehead atoms. The van der Waals surface area contributed by atoms with Crippen molar-refractivity contribution in [3.8, 4) is 11.5 Å². The van der Waals surface area contributed by atoms with Crippen LogP contribution >= 0.6 is 0 Å². The van der Waals surface area contributed by atoms with Crippen LogP contribution in [0.3, 0.4) is 0 Å². The van der Waals surface area contributed by atoms with Crippen molar-refractivity contribution in [2.45, 2.75) is 33.2 Å². The van der Waals surface area contributed by atoms with E-state index in [1.807, 2.05) is 39.0 Å². The highest BCUT2D eigenvalue weighted by Crippen LogP contribution is 2.33. The van der Waals surface area contributed by atoms with Crippen LogP contribution in [0.5, 0.6) is 11.5 Å². The summed E-state index contributed by atoms with van der Waals surface area (Å²) in [4.78, 5) is 24.7. The number of hydrogen-bond donors (Lipinski definition) is 1. The van der Waals surface area contributed by atoms with Crippen LogP contribution in [-0.4, -0.2) is 32.7 Å². The van der Waals surface area contributed by atoms with Gasteiger partial charge in [0.05, 0.1) is 25.8 Å². The minimum atomic E-state index is -0.616. The molecule has 0 aliphatic rings. The van der Waals surface area contributed by atoms with Crippen molar-refractivity contribution >= 4 is 11.9 Å². The van der Waals surface area contributed by atoms with Crippen LogP contribution in [-0.2, 0) is 16.0 Å². The second-order valence-corrected chi connectivity index (χ2v) is 7.07. The highest BCUT2D eigenvalue weighted by Gasteiger charge is 2.18. The second-order valence-electron chi connectivity index (χ2n) is 7.07. The van der Waals surface area contributed by atoms with Gasteiger partial charge in [-0.3, -0.25) is 4.79 Å². The summed E-state index contributed by atoms with van der Waals surface area (Å²) in [7, 11) is 3.02.